The largest absolute Gasteiger partial charge is 0.380 e. The summed E-state index contributed by atoms with van der Waals surface area (Å²) in [5, 5.41) is 1.30. The molecule has 3 aromatic rings. The molecule has 1 aliphatic rings. The number of amidine groups is 1. The summed E-state index contributed by atoms with van der Waals surface area (Å²) in [5.74, 6) is -0.0914. The van der Waals surface area contributed by atoms with Crippen LogP contribution in [0.15, 0.2) is 88.8 Å². The molecule has 156 valence electrons. The summed E-state index contributed by atoms with van der Waals surface area (Å²) in [7, 11) is 1.67. The van der Waals surface area contributed by atoms with Crippen LogP contribution in [-0.4, -0.2) is 18.2 Å². The first-order valence-electron chi connectivity index (χ1n) is 9.80. The Kier molecular flexibility index (Phi) is 6.87. The molecule has 0 radical (unpaired) electrons. The number of anilines is 1. The summed E-state index contributed by atoms with van der Waals surface area (Å²) in [6, 6.07) is 25.1. The van der Waals surface area contributed by atoms with Gasteiger partial charge in [-0.2, -0.15) is 0 Å². The zero-order valence-corrected chi connectivity index (χ0v) is 18.6. The molecule has 1 aliphatic heterocycles. The van der Waals surface area contributed by atoms with Crippen molar-refractivity contribution in [1.29, 1.82) is 0 Å². The molecule has 3 aromatic carbocycles. The van der Waals surface area contributed by atoms with Gasteiger partial charge in [0, 0.05) is 12.1 Å². The zero-order chi connectivity index (χ0) is 21.6. The van der Waals surface area contributed by atoms with Gasteiger partial charge < -0.3 is 4.74 Å². The number of carbonyl (C=O) groups is 1. The fraction of sp³-hybridized carbons (Fsp3) is 0.120. The molecule has 4 rings (SSSR count). The molecule has 0 N–H and O–H groups in total. The molecule has 0 spiro atoms. The van der Waals surface area contributed by atoms with Crippen molar-refractivity contribution in [2.75, 3.05) is 12.0 Å². The Labute approximate surface area is 191 Å². The number of hydrogen-bond acceptors (Lipinski definition) is 4. The van der Waals surface area contributed by atoms with E-state index in [2.05, 4.69) is 0 Å². The van der Waals surface area contributed by atoms with Crippen LogP contribution in [0, 0.1) is 0 Å². The highest BCUT2D eigenvalue weighted by Crippen LogP contribution is 2.36. The summed E-state index contributed by atoms with van der Waals surface area (Å²) in [5.41, 5.74) is 3.71. The number of carbonyl (C=O) groups excluding carboxylic acids is 1. The van der Waals surface area contributed by atoms with Crippen molar-refractivity contribution >= 4 is 46.2 Å². The topological polar surface area (TPSA) is 41.9 Å². The molecular weight excluding hydrogens is 428 g/mol. The molecule has 0 unspecified atom stereocenters. The quantitative estimate of drug-likeness (QED) is 0.424. The van der Waals surface area contributed by atoms with Crippen LogP contribution in [0.5, 0.6) is 0 Å². The third-order valence-corrected chi connectivity index (χ3v) is 6.10. The van der Waals surface area contributed by atoms with Crippen LogP contribution in [0.4, 0.5) is 5.69 Å². The van der Waals surface area contributed by atoms with E-state index in [1.807, 2.05) is 84.9 Å². The molecule has 0 bridgehead atoms. The van der Waals surface area contributed by atoms with E-state index in [-0.39, 0.29) is 5.91 Å². The SMILES string of the molecule is COCc1cccc(/C=C2\S/C(=N\Cc3ccccc3Cl)N(c3ccccc3)C2=O)c1. The minimum atomic E-state index is -0.0914. The molecule has 1 fully saturated rings. The van der Waals surface area contributed by atoms with E-state index in [1.165, 1.54) is 11.8 Å². The van der Waals surface area contributed by atoms with Crippen LogP contribution in [0.3, 0.4) is 0 Å². The highest BCUT2D eigenvalue weighted by molar-refractivity contribution is 8.19. The van der Waals surface area contributed by atoms with Crippen molar-refractivity contribution < 1.29 is 9.53 Å². The normalized spacial score (nSPS) is 16.5. The molecule has 6 heteroatoms. The summed E-state index contributed by atoms with van der Waals surface area (Å²) in [6.07, 6.45) is 1.90. The van der Waals surface area contributed by atoms with E-state index in [9.17, 15) is 4.79 Å². The molecular formula is C25H21ClN2O2S. The maximum Gasteiger partial charge on any atom is 0.271 e. The Morgan fingerprint density at radius 2 is 1.81 bits per heavy atom. The summed E-state index contributed by atoms with van der Waals surface area (Å²) in [4.78, 5) is 20.3. The molecule has 1 amide bonds. The first kappa shape index (κ1) is 21.4. The van der Waals surface area contributed by atoms with Crippen molar-refractivity contribution in [2.45, 2.75) is 13.2 Å². The maximum absolute atomic E-state index is 13.3. The van der Waals surface area contributed by atoms with Crippen LogP contribution in [-0.2, 0) is 22.7 Å². The van der Waals surface area contributed by atoms with E-state index in [0.29, 0.717) is 28.2 Å². The Balaban J connectivity index is 1.68. The number of benzene rings is 3. The monoisotopic (exact) mass is 448 g/mol. The molecule has 31 heavy (non-hydrogen) atoms. The first-order chi connectivity index (χ1) is 15.2. The van der Waals surface area contributed by atoms with E-state index in [4.69, 9.17) is 21.3 Å². The molecule has 0 saturated carbocycles. The van der Waals surface area contributed by atoms with Gasteiger partial charge in [-0.15, -0.1) is 0 Å². The number of nitrogens with zero attached hydrogens (tertiary/aromatic N) is 2. The predicted octanol–water partition coefficient (Wildman–Crippen LogP) is 6.16. The third-order valence-electron chi connectivity index (χ3n) is 4.72. The lowest BCUT2D eigenvalue weighted by molar-refractivity contribution is -0.113. The lowest BCUT2D eigenvalue weighted by atomic mass is 10.1. The maximum atomic E-state index is 13.3. The Morgan fingerprint density at radius 3 is 2.58 bits per heavy atom. The van der Waals surface area contributed by atoms with Gasteiger partial charge in [0.2, 0.25) is 0 Å². The fourth-order valence-corrected chi connectivity index (χ4v) is 4.43. The van der Waals surface area contributed by atoms with Crippen LogP contribution in [0.2, 0.25) is 5.02 Å². The smallest absolute Gasteiger partial charge is 0.271 e. The van der Waals surface area contributed by atoms with Crippen molar-refractivity contribution in [3.63, 3.8) is 0 Å². The predicted molar refractivity (Wildman–Crippen MR) is 129 cm³/mol. The van der Waals surface area contributed by atoms with Gasteiger partial charge in [0.05, 0.1) is 23.7 Å². The number of thioether (sulfide) groups is 1. The van der Waals surface area contributed by atoms with Crippen LogP contribution in [0.25, 0.3) is 6.08 Å². The molecule has 0 atom stereocenters. The number of methoxy groups -OCH3 is 1. The van der Waals surface area contributed by atoms with Gasteiger partial charge in [0.1, 0.15) is 0 Å². The van der Waals surface area contributed by atoms with Crippen LogP contribution >= 0.6 is 23.4 Å². The lowest BCUT2D eigenvalue weighted by Gasteiger charge is -2.15. The van der Waals surface area contributed by atoms with Crippen molar-refractivity contribution in [2.24, 2.45) is 4.99 Å². The van der Waals surface area contributed by atoms with Gasteiger partial charge in [-0.1, -0.05) is 66.2 Å². The van der Waals surface area contributed by atoms with E-state index < -0.39 is 0 Å². The molecule has 0 aliphatic carbocycles. The number of aliphatic imine (C=N–C) groups is 1. The van der Waals surface area contributed by atoms with Crippen molar-refractivity contribution in [3.8, 4) is 0 Å². The van der Waals surface area contributed by atoms with Gasteiger partial charge in [-0.3, -0.25) is 14.7 Å². The van der Waals surface area contributed by atoms with Crippen molar-refractivity contribution in [1.82, 2.24) is 0 Å². The van der Waals surface area contributed by atoms with Crippen LogP contribution < -0.4 is 4.90 Å². The average molecular weight is 449 g/mol. The van der Waals surface area contributed by atoms with E-state index in [0.717, 1.165) is 22.4 Å². The van der Waals surface area contributed by atoms with E-state index >= 15 is 0 Å². The summed E-state index contributed by atoms with van der Waals surface area (Å²) in [6.45, 7) is 0.925. The minimum absolute atomic E-state index is 0.0914. The highest BCUT2D eigenvalue weighted by Gasteiger charge is 2.34. The average Bonchev–Trinajstić information content (AvgIpc) is 3.09. The first-order valence-corrected chi connectivity index (χ1v) is 11.0. The van der Waals surface area contributed by atoms with Gasteiger partial charge in [0.15, 0.2) is 5.17 Å². The zero-order valence-electron chi connectivity index (χ0n) is 17.0. The Bertz CT molecular complexity index is 1150. The van der Waals surface area contributed by atoms with Gasteiger partial charge in [-0.25, -0.2) is 0 Å². The highest BCUT2D eigenvalue weighted by atomic mass is 35.5. The molecule has 1 heterocycles. The molecule has 1 saturated heterocycles. The van der Waals surface area contributed by atoms with E-state index in [1.54, 1.807) is 12.0 Å². The number of rotatable bonds is 6. The number of hydrogen-bond donors (Lipinski definition) is 0. The molecule has 0 aromatic heterocycles. The number of halogens is 1. The fourth-order valence-electron chi connectivity index (χ4n) is 3.25. The number of ether oxygens (including phenoxy) is 1. The third kappa shape index (κ3) is 5.07. The van der Waals surface area contributed by atoms with Gasteiger partial charge in [-0.05, 0) is 58.8 Å². The summed E-state index contributed by atoms with van der Waals surface area (Å²) < 4.78 is 5.22. The van der Waals surface area contributed by atoms with Crippen LogP contribution in [0.1, 0.15) is 16.7 Å². The summed E-state index contributed by atoms with van der Waals surface area (Å²) >= 11 is 7.66. The second-order valence-corrected chi connectivity index (χ2v) is 8.37. The Hall–Kier alpha value is -2.86. The second-order valence-electron chi connectivity index (χ2n) is 6.96. The van der Waals surface area contributed by atoms with Crippen molar-refractivity contribution in [3.05, 3.63) is 105 Å². The second kappa shape index (κ2) is 9.96. The van der Waals surface area contributed by atoms with Gasteiger partial charge >= 0.3 is 0 Å². The Morgan fingerprint density at radius 1 is 1.03 bits per heavy atom. The van der Waals surface area contributed by atoms with Gasteiger partial charge in [0.25, 0.3) is 5.91 Å². The number of amides is 1. The molecule has 4 nitrogen and oxygen atoms in total. The minimum Gasteiger partial charge on any atom is -0.380 e. The lowest BCUT2D eigenvalue weighted by Crippen LogP contribution is -2.28. The number of para-hydroxylation sites is 1. The standard InChI is InChI=1S/C25H21ClN2O2S/c1-30-17-19-9-7-8-18(14-19)15-23-24(29)28(21-11-3-2-4-12-21)25(31-23)27-16-20-10-5-6-13-22(20)26/h2-15H,16-17H2,1H3/b23-15-,27-25-.